The molecule has 0 bridgehead atoms. The summed E-state index contributed by atoms with van der Waals surface area (Å²) in [6.45, 7) is 0. The van der Waals surface area contributed by atoms with E-state index in [0.717, 1.165) is 89.0 Å². The van der Waals surface area contributed by atoms with Gasteiger partial charge in [-0.3, -0.25) is 4.40 Å². The zero-order chi connectivity index (χ0) is 31.6. The summed E-state index contributed by atoms with van der Waals surface area (Å²) in [4.78, 5) is 15.1. The molecule has 10 rings (SSSR count). The zero-order valence-electron chi connectivity index (χ0n) is 25.6. The van der Waals surface area contributed by atoms with Gasteiger partial charge in [-0.1, -0.05) is 115 Å². The van der Waals surface area contributed by atoms with Crippen LogP contribution in [-0.2, 0) is 0 Å². The Morgan fingerprint density at radius 2 is 1.46 bits per heavy atom. The van der Waals surface area contributed by atoms with Crippen molar-refractivity contribution in [1.29, 1.82) is 0 Å². The van der Waals surface area contributed by atoms with Crippen molar-refractivity contribution in [2.45, 2.75) is 6.17 Å². The van der Waals surface area contributed by atoms with E-state index in [1.54, 1.807) is 0 Å². The Bertz CT molecular complexity index is 2820. The van der Waals surface area contributed by atoms with Gasteiger partial charge < -0.3 is 9.73 Å². The van der Waals surface area contributed by atoms with Gasteiger partial charge in [0, 0.05) is 21.7 Å². The molecule has 0 fully saturated rings. The van der Waals surface area contributed by atoms with Crippen molar-refractivity contribution in [2.24, 2.45) is 9.98 Å². The number of rotatable bonds is 4. The van der Waals surface area contributed by atoms with Crippen molar-refractivity contribution in [3.8, 4) is 11.1 Å². The number of amidine groups is 2. The molecule has 0 saturated carbocycles. The first-order valence-corrected chi connectivity index (χ1v) is 15.9. The van der Waals surface area contributed by atoms with Crippen LogP contribution < -0.4 is 5.32 Å². The molecule has 0 amide bonds. The van der Waals surface area contributed by atoms with Gasteiger partial charge in [0.1, 0.15) is 28.4 Å². The zero-order valence-corrected chi connectivity index (χ0v) is 25.6. The number of hydrogen-bond donors (Lipinski definition) is 1. The number of fused-ring (bicyclic) bond motifs is 10. The van der Waals surface area contributed by atoms with Gasteiger partial charge in [0.15, 0.2) is 11.7 Å². The van der Waals surface area contributed by atoms with Crippen LogP contribution in [0.15, 0.2) is 171 Å². The minimum absolute atomic E-state index is 0.407. The first-order valence-electron chi connectivity index (χ1n) is 15.9. The van der Waals surface area contributed by atoms with Gasteiger partial charge in [0.2, 0.25) is 0 Å². The van der Waals surface area contributed by atoms with Crippen molar-refractivity contribution < 1.29 is 4.42 Å². The number of nitrogens with zero attached hydrogens (tertiary/aromatic N) is 4. The molecular formula is C42H25N5O. The lowest BCUT2D eigenvalue weighted by atomic mass is 10.0. The Morgan fingerprint density at radius 1 is 0.688 bits per heavy atom. The van der Waals surface area contributed by atoms with Gasteiger partial charge in [-0.15, -0.1) is 0 Å². The van der Waals surface area contributed by atoms with Crippen molar-refractivity contribution >= 4 is 61.2 Å². The SMILES string of the molecule is C1=C=C(C2=NC(c3ccc(-c4ccc5oc6c7ccccc7c7nc8ccccc8n7c6c5c4)cc3)N=C(c3ccccc3)N2)C=CC=1. The van der Waals surface area contributed by atoms with Crippen LogP contribution in [0.25, 0.3) is 60.6 Å². The second kappa shape index (κ2) is 10.4. The summed E-state index contributed by atoms with van der Waals surface area (Å²) in [7, 11) is 0. The van der Waals surface area contributed by atoms with E-state index in [9.17, 15) is 0 Å². The number of imidazole rings is 1. The highest BCUT2D eigenvalue weighted by Crippen LogP contribution is 2.39. The summed E-state index contributed by atoms with van der Waals surface area (Å²) in [6, 6.07) is 41.7. The Labute approximate surface area is 274 Å². The van der Waals surface area contributed by atoms with Crippen molar-refractivity contribution in [1.82, 2.24) is 14.7 Å². The number of aliphatic imine (C=N–C) groups is 2. The van der Waals surface area contributed by atoms with E-state index in [2.05, 4.69) is 118 Å². The average Bonchev–Trinajstić information content (AvgIpc) is 3.74. The molecule has 6 nitrogen and oxygen atoms in total. The summed E-state index contributed by atoms with van der Waals surface area (Å²) in [6.07, 6.45) is 5.35. The molecule has 48 heavy (non-hydrogen) atoms. The Kier molecular flexibility index (Phi) is 5.75. The van der Waals surface area contributed by atoms with Crippen LogP contribution in [0, 0.1) is 0 Å². The smallest absolute Gasteiger partial charge is 0.169 e. The standard InChI is InChI=1S/C42H25N5O/c1-3-11-27(12-4-1)39-44-40(28-13-5-2-6-14-28)46-41(45-39)29-21-19-26(20-22-29)30-23-24-36-33(25-30)37-38(48-36)31-15-7-8-16-32(31)42-43-34-17-9-10-18-35(34)47(37)42/h1-5,7-13,15-25,41H,(H,44,45,46). The molecular weight excluding hydrogens is 590 g/mol. The number of para-hydroxylation sites is 2. The Balaban J connectivity index is 1.10. The molecule has 0 spiro atoms. The van der Waals surface area contributed by atoms with E-state index in [-0.39, 0.29) is 0 Å². The highest BCUT2D eigenvalue weighted by atomic mass is 16.3. The first kappa shape index (κ1) is 26.5. The topological polar surface area (TPSA) is 67.2 Å². The maximum Gasteiger partial charge on any atom is 0.169 e. The minimum atomic E-state index is -0.407. The number of furan rings is 1. The van der Waals surface area contributed by atoms with E-state index in [0.29, 0.717) is 0 Å². The summed E-state index contributed by atoms with van der Waals surface area (Å²) in [5.74, 6) is 1.49. The van der Waals surface area contributed by atoms with Gasteiger partial charge >= 0.3 is 0 Å². The van der Waals surface area contributed by atoms with Crippen molar-refractivity contribution in [3.63, 3.8) is 0 Å². The van der Waals surface area contributed by atoms with Gasteiger partial charge in [-0.2, -0.15) is 0 Å². The lowest BCUT2D eigenvalue weighted by molar-refractivity contribution is 0.672. The molecule has 1 aliphatic carbocycles. The lowest BCUT2D eigenvalue weighted by Crippen LogP contribution is -2.36. The predicted molar refractivity (Wildman–Crippen MR) is 193 cm³/mol. The van der Waals surface area contributed by atoms with E-state index < -0.39 is 6.17 Å². The molecule has 6 heteroatoms. The van der Waals surface area contributed by atoms with Crippen molar-refractivity contribution in [2.75, 3.05) is 0 Å². The molecule has 1 aliphatic heterocycles. The van der Waals surface area contributed by atoms with Crippen LogP contribution in [0.2, 0.25) is 0 Å². The number of aromatic nitrogens is 2. The number of hydrogen-bond acceptors (Lipinski definition) is 5. The average molecular weight is 616 g/mol. The molecule has 224 valence electrons. The molecule has 0 saturated heterocycles. The number of pyridine rings is 1. The fraction of sp³-hybridized carbons (Fsp3) is 0.0238. The van der Waals surface area contributed by atoms with Crippen LogP contribution in [0.1, 0.15) is 17.3 Å². The van der Waals surface area contributed by atoms with E-state index in [1.165, 1.54) is 0 Å². The monoisotopic (exact) mass is 615 g/mol. The van der Waals surface area contributed by atoms with Crippen molar-refractivity contribution in [3.05, 3.63) is 168 Å². The summed E-state index contributed by atoms with van der Waals surface area (Å²) in [5, 5.41) is 6.59. The molecule has 8 aromatic rings. The second-order valence-electron chi connectivity index (χ2n) is 11.9. The summed E-state index contributed by atoms with van der Waals surface area (Å²) < 4.78 is 8.84. The summed E-state index contributed by atoms with van der Waals surface area (Å²) in [5.41, 5.74) is 16.9. The number of allylic oxidation sites excluding steroid dienone is 2. The largest absolute Gasteiger partial charge is 0.454 e. The maximum atomic E-state index is 6.59. The third-order valence-corrected chi connectivity index (χ3v) is 9.09. The predicted octanol–water partition coefficient (Wildman–Crippen LogP) is 9.46. The van der Waals surface area contributed by atoms with E-state index in [1.807, 2.05) is 42.5 Å². The number of nitrogens with one attached hydrogen (secondary N) is 1. The van der Waals surface area contributed by atoms with Crippen LogP contribution >= 0.6 is 0 Å². The molecule has 1 unspecified atom stereocenters. The molecule has 1 N–H and O–H groups in total. The third-order valence-electron chi connectivity index (χ3n) is 9.09. The Morgan fingerprint density at radius 3 is 2.31 bits per heavy atom. The Hall–Kier alpha value is -6.71. The van der Waals surface area contributed by atoms with Gasteiger partial charge in [0.05, 0.1) is 16.6 Å². The molecule has 4 heterocycles. The molecule has 1 atom stereocenters. The molecule has 3 aromatic heterocycles. The third kappa shape index (κ3) is 4.12. The van der Waals surface area contributed by atoms with E-state index in [4.69, 9.17) is 19.4 Å². The quantitative estimate of drug-likeness (QED) is 0.201. The molecule has 0 radical (unpaired) electrons. The first-order chi connectivity index (χ1) is 23.8. The van der Waals surface area contributed by atoms with Crippen LogP contribution in [-0.4, -0.2) is 21.1 Å². The fourth-order valence-corrected chi connectivity index (χ4v) is 6.80. The highest BCUT2D eigenvalue weighted by molar-refractivity contribution is 6.19. The highest BCUT2D eigenvalue weighted by Gasteiger charge is 2.22. The molecule has 2 aliphatic rings. The normalized spacial score (nSPS) is 15.8. The van der Waals surface area contributed by atoms with Gasteiger partial charge in [-0.05, 0) is 53.1 Å². The van der Waals surface area contributed by atoms with Crippen LogP contribution in [0.3, 0.4) is 0 Å². The second-order valence-corrected chi connectivity index (χ2v) is 11.9. The number of benzene rings is 5. The lowest BCUT2D eigenvalue weighted by Gasteiger charge is -2.22. The van der Waals surface area contributed by atoms with Gasteiger partial charge in [-0.25, -0.2) is 15.0 Å². The maximum absolute atomic E-state index is 6.59. The fourth-order valence-electron chi connectivity index (χ4n) is 6.80. The van der Waals surface area contributed by atoms with Gasteiger partial charge in [0.25, 0.3) is 0 Å². The van der Waals surface area contributed by atoms with E-state index >= 15 is 0 Å². The molecule has 5 aromatic carbocycles. The van der Waals surface area contributed by atoms with Crippen LogP contribution in [0.5, 0.6) is 0 Å². The van der Waals surface area contributed by atoms with Crippen LogP contribution in [0.4, 0.5) is 0 Å². The summed E-state index contributed by atoms with van der Waals surface area (Å²) >= 11 is 0. The minimum Gasteiger partial charge on any atom is -0.454 e.